The molecule has 0 aromatic heterocycles. The molecule has 25 heavy (non-hydrogen) atoms. The molecule has 4 heteroatoms. The third-order valence-electron chi connectivity index (χ3n) is 4.53. The standard InChI is InChI=1S/C21H26N2O2/c1-14-8-7-11-19(17(14)4)22-20(25)12-13-23(18(5)24)21-15(2)9-6-10-16(21)3/h6-11H,12-13H2,1-5H3,(H,22,25). The number of nitrogens with zero attached hydrogens (tertiary/aromatic N) is 1. The Bertz CT molecular complexity index is 776. The van der Waals surface area contributed by atoms with Crippen molar-refractivity contribution in [1.82, 2.24) is 0 Å². The third kappa shape index (κ3) is 4.47. The summed E-state index contributed by atoms with van der Waals surface area (Å²) in [6.45, 7) is 9.86. The van der Waals surface area contributed by atoms with Gasteiger partial charge >= 0.3 is 0 Å². The van der Waals surface area contributed by atoms with Gasteiger partial charge in [-0.25, -0.2) is 0 Å². The van der Waals surface area contributed by atoms with Gasteiger partial charge in [-0.05, 0) is 56.0 Å². The molecule has 2 aromatic carbocycles. The summed E-state index contributed by atoms with van der Waals surface area (Å²) in [6, 6.07) is 11.8. The number of para-hydroxylation sites is 1. The average Bonchev–Trinajstić information content (AvgIpc) is 2.54. The maximum Gasteiger partial charge on any atom is 0.226 e. The first-order valence-electron chi connectivity index (χ1n) is 8.51. The Balaban J connectivity index is 2.10. The zero-order valence-corrected chi connectivity index (χ0v) is 15.6. The van der Waals surface area contributed by atoms with Crippen LogP contribution in [0.2, 0.25) is 0 Å². The fraction of sp³-hybridized carbons (Fsp3) is 0.333. The molecule has 4 nitrogen and oxygen atoms in total. The van der Waals surface area contributed by atoms with E-state index in [9.17, 15) is 9.59 Å². The van der Waals surface area contributed by atoms with Crippen molar-refractivity contribution in [3.63, 3.8) is 0 Å². The number of carbonyl (C=O) groups is 2. The number of nitrogens with one attached hydrogen (secondary N) is 1. The van der Waals surface area contributed by atoms with E-state index < -0.39 is 0 Å². The lowest BCUT2D eigenvalue weighted by atomic mass is 10.1. The lowest BCUT2D eigenvalue weighted by molar-refractivity contribution is -0.117. The Hall–Kier alpha value is -2.62. The van der Waals surface area contributed by atoms with Gasteiger partial charge in [0.25, 0.3) is 0 Å². The summed E-state index contributed by atoms with van der Waals surface area (Å²) in [7, 11) is 0. The maximum atomic E-state index is 12.4. The number of hydrogen-bond acceptors (Lipinski definition) is 2. The number of benzene rings is 2. The van der Waals surface area contributed by atoms with Crippen molar-refractivity contribution in [1.29, 1.82) is 0 Å². The van der Waals surface area contributed by atoms with Crippen LogP contribution in [0.15, 0.2) is 36.4 Å². The first-order chi connectivity index (χ1) is 11.8. The number of amides is 2. The summed E-state index contributed by atoms with van der Waals surface area (Å²) in [5, 5.41) is 2.95. The fourth-order valence-electron chi connectivity index (χ4n) is 2.97. The Morgan fingerprint density at radius 2 is 1.48 bits per heavy atom. The molecule has 0 heterocycles. The van der Waals surface area contributed by atoms with Crippen molar-refractivity contribution in [3.05, 3.63) is 58.7 Å². The van der Waals surface area contributed by atoms with E-state index in [1.165, 1.54) is 6.92 Å². The lowest BCUT2D eigenvalue weighted by Gasteiger charge is -2.25. The van der Waals surface area contributed by atoms with Crippen LogP contribution in [0.25, 0.3) is 0 Å². The van der Waals surface area contributed by atoms with Crippen LogP contribution in [0.3, 0.4) is 0 Å². The molecule has 0 aliphatic rings. The predicted molar refractivity (Wildman–Crippen MR) is 103 cm³/mol. The van der Waals surface area contributed by atoms with Crippen LogP contribution in [-0.4, -0.2) is 18.4 Å². The van der Waals surface area contributed by atoms with Crippen molar-refractivity contribution in [2.24, 2.45) is 0 Å². The third-order valence-corrected chi connectivity index (χ3v) is 4.53. The van der Waals surface area contributed by atoms with Gasteiger partial charge in [0, 0.05) is 31.3 Å². The van der Waals surface area contributed by atoms with Crippen LogP contribution in [-0.2, 0) is 9.59 Å². The monoisotopic (exact) mass is 338 g/mol. The van der Waals surface area contributed by atoms with Gasteiger partial charge in [-0.3, -0.25) is 9.59 Å². The summed E-state index contributed by atoms with van der Waals surface area (Å²) in [4.78, 5) is 26.2. The van der Waals surface area contributed by atoms with E-state index in [1.807, 2.05) is 64.1 Å². The molecule has 0 radical (unpaired) electrons. The summed E-state index contributed by atoms with van der Waals surface area (Å²) >= 11 is 0. The summed E-state index contributed by atoms with van der Waals surface area (Å²) < 4.78 is 0. The summed E-state index contributed by atoms with van der Waals surface area (Å²) in [6.07, 6.45) is 0.251. The maximum absolute atomic E-state index is 12.4. The highest BCUT2D eigenvalue weighted by Crippen LogP contribution is 2.25. The first kappa shape index (κ1) is 18.7. The minimum atomic E-state index is -0.0915. The van der Waals surface area contributed by atoms with Gasteiger partial charge < -0.3 is 10.2 Å². The first-order valence-corrected chi connectivity index (χ1v) is 8.51. The van der Waals surface area contributed by atoms with Crippen molar-refractivity contribution >= 4 is 23.2 Å². The van der Waals surface area contributed by atoms with E-state index in [4.69, 9.17) is 0 Å². The largest absolute Gasteiger partial charge is 0.326 e. The summed E-state index contributed by atoms with van der Waals surface area (Å²) in [5.74, 6) is -0.150. The van der Waals surface area contributed by atoms with Crippen LogP contribution >= 0.6 is 0 Å². The molecular formula is C21H26N2O2. The topological polar surface area (TPSA) is 49.4 Å². The number of rotatable bonds is 5. The van der Waals surface area contributed by atoms with E-state index in [0.717, 1.165) is 33.6 Å². The van der Waals surface area contributed by atoms with Gasteiger partial charge in [-0.2, -0.15) is 0 Å². The Kier molecular flexibility index (Phi) is 5.97. The number of aryl methyl sites for hydroxylation is 3. The van der Waals surface area contributed by atoms with E-state index >= 15 is 0 Å². The van der Waals surface area contributed by atoms with Gasteiger partial charge in [-0.1, -0.05) is 30.3 Å². The normalized spacial score (nSPS) is 10.4. The quantitative estimate of drug-likeness (QED) is 0.883. The van der Waals surface area contributed by atoms with Crippen molar-refractivity contribution < 1.29 is 9.59 Å². The molecule has 0 unspecified atom stereocenters. The van der Waals surface area contributed by atoms with Gasteiger partial charge in [-0.15, -0.1) is 0 Å². The van der Waals surface area contributed by atoms with Crippen LogP contribution < -0.4 is 10.2 Å². The molecule has 0 saturated carbocycles. The van der Waals surface area contributed by atoms with Gasteiger partial charge in [0.1, 0.15) is 0 Å². The minimum Gasteiger partial charge on any atom is -0.326 e. The second-order valence-corrected chi connectivity index (χ2v) is 6.46. The molecule has 132 valence electrons. The SMILES string of the molecule is CC(=O)N(CCC(=O)Nc1cccc(C)c1C)c1c(C)cccc1C. The van der Waals surface area contributed by atoms with E-state index in [-0.39, 0.29) is 18.2 Å². The fourth-order valence-corrected chi connectivity index (χ4v) is 2.97. The van der Waals surface area contributed by atoms with Crippen LogP contribution in [0, 0.1) is 27.7 Å². The smallest absolute Gasteiger partial charge is 0.226 e. The minimum absolute atomic E-state index is 0.0584. The zero-order chi connectivity index (χ0) is 18.6. The Morgan fingerprint density at radius 3 is 2.08 bits per heavy atom. The van der Waals surface area contributed by atoms with Gasteiger partial charge in [0.15, 0.2) is 0 Å². The second-order valence-electron chi connectivity index (χ2n) is 6.46. The van der Waals surface area contributed by atoms with Gasteiger partial charge in [0.05, 0.1) is 0 Å². The molecule has 0 aliphatic carbocycles. The Labute approximate surface area is 149 Å². The highest BCUT2D eigenvalue weighted by atomic mass is 16.2. The van der Waals surface area contributed by atoms with Crippen LogP contribution in [0.5, 0.6) is 0 Å². The highest BCUT2D eigenvalue weighted by molar-refractivity contribution is 5.96. The Morgan fingerprint density at radius 1 is 0.920 bits per heavy atom. The number of carbonyl (C=O) groups excluding carboxylic acids is 2. The molecule has 0 bridgehead atoms. The van der Waals surface area contributed by atoms with Crippen molar-refractivity contribution in [2.45, 2.75) is 41.0 Å². The molecular weight excluding hydrogens is 312 g/mol. The van der Waals surface area contributed by atoms with Crippen LogP contribution in [0.1, 0.15) is 35.6 Å². The molecule has 2 amide bonds. The average molecular weight is 338 g/mol. The van der Waals surface area contributed by atoms with E-state index in [2.05, 4.69) is 5.32 Å². The molecule has 0 saturated heterocycles. The van der Waals surface area contributed by atoms with E-state index in [1.54, 1.807) is 4.90 Å². The zero-order valence-electron chi connectivity index (χ0n) is 15.6. The van der Waals surface area contributed by atoms with E-state index in [0.29, 0.717) is 6.54 Å². The van der Waals surface area contributed by atoms with Crippen molar-refractivity contribution in [2.75, 3.05) is 16.8 Å². The predicted octanol–water partition coefficient (Wildman–Crippen LogP) is 4.30. The lowest BCUT2D eigenvalue weighted by Crippen LogP contribution is -2.33. The molecule has 1 N–H and O–H groups in total. The highest BCUT2D eigenvalue weighted by Gasteiger charge is 2.17. The molecule has 0 aliphatic heterocycles. The molecule has 2 aromatic rings. The number of anilines is 2. The van der Waals surface area contributed by atoms with Crippen LogP contribution in [0.4, 0.5) is 11.4 Å². The number of hydrogen-bond donors (Lipinski definition) is 1. The van der Waals surface area contributed by atoms with Crippen molar-refractivity contribution in [3.8, 4) is 0 Å². The molecule has 2 rings (SSSR count). The molecule has 0 spiro atoms. The molecule has 0 fully saturated rings. The van der Waals surface area contributed by atoms with Gasteiger partial charge in [0.2, 0.25) is 11.8 Å². The summed E-state index contributed by atoms with van der Waals surface area (Å²) in [5.41, 5.74) is 5.99. The molecule has 0 atom stereocenters. The second kappa shape index (κ2) is 7.97.